The number of nitrogens with two attached hydrogens (primary N) is 1. The number of H-pyrrole nitrogens is 1. The van der Waals surface area contributed by atoms with E-state index in [0.29, 0.717) is 11.3 Å². The number of alkyl halides is 3. The molecule has 1 heterocycles. The summed E-state index contributed by atoms with van der Waals surface area (Å²) in [6.45, 7) is 5.65. The van der Waals surface area contributed by atoms with E-state index in [2.05, 4.69) is 20.5 Å². The van der Waals surface area contributed by atoms with Crippen molar-refractivity contribution in [1.82, 2.24) is 15.2 Å². The van der Waals surface area contributed by atoms with Gasteiger partial charge in [0.2, 0.25) is 11.9 Å². The summed E-state index contributed by atoms with van der Waals surface area (Å²) in [5, 5.41) is 8.72. The van der Waals surface area contributed by atoms with E-state index in [9.17, 15) is 13.2 Å². The Morgan fingerprint density at radius 2 is 1.76 bits per heavy atom. The Hall–Kier alpha value is -2.94. The molecule has 3 rings (SSSR count). The molecule has 6 nitrogen and oxygen atoms in total. The third-order valence-corrected chi connectivity index (χ3v) is 4.02. The average Bonchev–Trinajstić information content (AvgIpc) is 2.98. The first-order chi connectivity index (χ1) is 13.4. The standard InChI is InChI=1S/C19H19ClF3N5O/c1-18(2,3)29-12-6-4-10(5-7-12)15-13(19(21,22)23)8-11(9-14(15)20)25-17-26-16(24)27-28-17/h4-9H,1-3H3,(H4,24,25,26,27,28). The number of halogens is 4. The molecule has 0 aliphatic carbocycles. The van der Waals surface area contributed by atoms with Crippen molar-refractivity contribution in [1.29, 1.82) is 0 Å². The van der Waals surface area contributed by atoms with E-state index in [0.717, 1.165) is 6.07 Å². The van der Waals surface area contributed by atoms with Crippen molar-refractivity contribution in [2.24, 2.45) is 0 Å². The lowest BCUT2D eigenvalue weighted by Gasteiger charge is -2.22. The molecule has 0 atom stereocenters. The molecule has 3 aromatic rings. The van der Waals surface area contributed by atoms with E-state index in [4.69, 9.17) is 22.1 Å². The van der Waals surface area contributed by atoms with Gasteiger partial charge in [-0.1, -0.05) is 23.7 Å². The van der Waals surface area contributed by atoms with E-state index in [1.807, 2.05) is 20.8 Å². The summed E-state index contributed by atoms with van der Waals surface area (Å²) in [5.74, 6) is 0.610. The Morgan fingerprint density at radius 1 is 1.10 bits per heavy atom. The maximum absolute atomic E-state index is 13.8. The number of hydrogen-bond donors (Lipinski definition) is 3. The van der Waals surface area contributed by atoms with Gasteiger partial charge in [-0.05, 0) is 50.6 Å². The Bertz CT molecular complexity index is 1010. The lowest BCUT2D eigenvalue weighted by molar-refractivity contribution is -0.137. The summed E-state index contributed by atoms with van der Waals surface area (Å²) < 4.78 is 47.0. The van der Waals surface area contributed by atoms with Gasteiger partial charge in [0.25, 0.3) is 0 Å². The minimum Gasteiger partial charge on any atom is -0.488 e. The summed E-state index contributed by atoms with van der Waals surface area (Å²) in [7, 11) is 0. The maximum atomic E-state index is 13.8. The van der Waals surface area contributed by atoms with Gasteiger partial charge in [-0.15, -0.1) is 5.10 Å². The van der Waals surface area contributed by atoms with Crippen LogP contribution in [0.4, 0.5) is 30.8 Å². The second-order valence-corrected chi connectivity index (χ2v) is 7.69. The van der Waals surface area contributed by atoms with Crippen LogP contribution in [0.15, 0.2) is 36.4 Å². The van der Waals surface area contributed by atoms with Gasteiger partial charge in [0.1, 0.15) is 11.4 Å². The van der Waals surface area contributed by atoms with Crippen molar-refractivity contribution in [3.05, 3.63) is 47.0 Å². The fraction of sp³-hybridized carbons (Fsp3) is 0.263. The van der Waals surface area contributed by atoms with Gasteiger partial charge < -0.3 is 15.8 Å². The first kappa shape index (κ1) is 20.8. The highest BCUT2D eigenvalue weighted by atomic mass is 35.5. The van der Waals surface area contributed by atoms with Crippen LogP contribution >= 0.6 is 11.6 Å². The topological polar surface area (TPSA) is 88.8 Å². The summed E-state index contributed by atoms with van der Waals surface area (Å²) in [6.07, 6.45) is -4.63. The zero-order valence-corrected chi connectivity index (χ0v) is 16.6. The second kappa shape index (κ2) is 7.47. The molecule has 0 unspecified atom stereocenters. The van der Waals surface area contributed by atoms with Crippen molar-refractivity contribution in [3.63, 3.8) is 0 Å². The smallest absolute Gasteiger partial charge is 0.417 e. The molecule has 10 heteroatoms. The zero-order chi connectivity index (χ0) is 21.4. The summed E-state index contributed by atoms with van der Waals surface area (Å²) in [4.78, 5) is 3.81. The molecular formula is C19H19ClF3N5O. The van der Waals surface area contributed by atoms with Crippen LogP contribution in [0.3, 0.4) is 0 Å². The number of nitrogens with one attached hydrogen (secondary N) is 2. The van der Waals surface area contributed by atoms with E-state index in [1.54, 1.807) is 24.3 Å². The fourth-order valence-electron chi connectivity index (χ4n) is 2.70. The molecule has 0 aliphatic heterocycles. The van der Waals surface area contributed by atoms with Gasteiger partial charge in [-0.2, -0.15) is 18.2 Å². The van der Waals surface area contributed by atoms with Crippen LogP contribution in [0, 0.1) is 0 Å². The van der Waals surface area contributed by atoms with E-state index < -0.39 is 17.3 Å². The minimum absolute atomic E-state index is 0.0307. The van der Waals surface area contributed by atoms with Crippen LogP contribution in [0.1, 0.15) is 26.3 Å². The van der Waals surface area contributed by atoms with Crippen LogP contribution in [0.25, 0.3) is 11.1 Å². The van der Waals surface area contributed by atoms with Crippen molar-refractivity contribution >= 4 is 29.2 Å². The van der Waals surface area contributed by atoms with Gasteiger partial charge in [-0.25, -0.2) is 5.10 Å². The van der Waals surface area contributed by atoms with Crippen LogP contribution in [0.5, 0.6) is 5.75 Å². The number of nitrogen functional groups attached to an aromatic ring is 1. The van der Waals surface area contributed by atoms with Crippen LogP contribution in [0.2, 0.25) is 5.02 Å². The average molecular weight is 426 g/mol. The molecule has 0 saturated heterocycles. The van der Waals surface area contributed by atoms with Crippen LogP contribution < -0.4 is 15.8 Å². The summed E-state index contributed by atoms with van der Waals surface area (Å²) >= 11 is 6.25. The number of rotatable bonds is 4. The van der Waals surface area contributed by atoms with Crippen molar-refractivity contribution < 1.29 is 17.9 Å². The molecule has 0 spiro atoms. The lowest BCUT2D eigenvalue weighted by Crippen LogP contribution is -2.22. The van der Waals surface area contributed by atoms with Crippen LogP contribution in [-0.2, 0) is 6.18 Å². The fourth-order valence-corrected chi connectivity index (χ4v) is 3.03. The van der Waals surface area contributed by atoms with E-state index in [-0.39, 0.29) is 28.2 Å². The van der Waals surface area contributed by atoms with Gasteiger partial charge in [-0.3, -0.25) is 0 Å². The van der Waals surface area contributed by atoms with Gasteiger partial charge in [0, 0.05) is 11.3 Å². The van der Waals surface area contributed by atoms with Gasteiger partial charge >= 0.3 is 6.18 Å². The first-order valence-electron chi connectivity index (χ1n) is 8.57. The predicted molar refractivity (Wildman–Crippen MR) is 106 cm³/mol. The van der Waals surface area contributed by atoms with Crippen molar-refractivity contribution in [2.75, 3.05) is 11.1 Å². The van der Waals surface area contributed by atoms with Crippen molar-refractivity contribution in [2.45, 2.75) is 32.5 Å². The second-order valence-electron chi connectivity index (χ2n) is 7.29. The Kier molecular flexibility index (Phi) is 5.36. The molecule has 0 saturated carbocycles. The summed E-state index contributed by atoms with van der Waals surface area (Å²) in [5.41, 5.74) is 4.39. The number of aromatic amines is 1. The largest absolute Gasteiger partial charge is 0.488 e. The highest BCUT2D eigenvalue weighted by Crippen LogP contribution is 2.43. The molecule has 4 N–H and O–H groups in total. The van der Waals surface area contributed by atoms with E-state index >= 15 is 0 Å². The number of hydrogen-bond acceptors (Lipinski definition) is 5. The molecular weight excluding hydrogens is 407 g/mol. The quantitative estimate of drug-likeness (QED) is 0.502. The molecule has 0 bridgehead atoms. The van der Waals surface area contributed by atoms with Crippen molar-refractivity contribution in [3.8, 4) is 16.9 Å². The SMILES string of the molecule is CC(C)(C)Oc1ccc(-c2c(Cl)cc(Nc3n[nH]c(N)n3)cc2C(F)(F)F)cc1. The highest BCUT2D eigenvalue weighted by molar-refractivity contribution is 6.34. The highest BCUT2D eigenvalue weighted by Gasteiger charge is 2.35. The van der Waals surface area contributed by atoms with Crippen LogP contribution in [-0.4, -0.2) is 20.8 Å². The molecule has 0 amide bonds. The normalized spacial score (nSPS) is 12.1. The Labute approximate surface area is 170 Å². The van der Waals surface area contributed by atoms with E-state index in [1.165, 1.54) is 6.07 Å². The number of anilines is 3. The molecule has 154 valence electrons. The van der Waals surface area contributed by atoms with Gasteiger partial charge in [0.15, 0.2) is 0 Å². The predicted octanol–water partition coefficient (Wildman–Crippen LogP) is 5.65. The summed E-state index contributed by atoms with van der Waals surface area (Å²) in [6, 6.07) is 8.63. The molecule has 0 aliphatic rings. The number of benzene rings is 2. The third kappa shape index (κ3) is 5.11. The third-order valence-electron chi connectivity index (χ3n) is 3.72. The molecule has 1 aromatic heterocycles. The zero-order valence-electron chi connectivity index (χ0n) is 15.9. The van der Waals surface area contributed by atoms with Gasteiger partial charge in [0.05, 0.1) is 10.6 Å². The number of aromatic nitrogens is 3. The number of ether oxygens (including phenoxy) is 1. The Morgan fingerprint density at radius 3 is 2.28 bits per heavy atom. The number of nitrogens with zero attached hydrogens (tertiary/aromatic N) is 2. The first-order valence-corrected chi connectivity index (χ1v) is 8.95. The minimum atomic E-state index is -4.63. The lowest BCUT2D eigenvalue weighted by atomic mass is 9.98. The maximum Gasteiger partial charge on any atom is 0.417 e. The molecule has 0 fully saturated rings. The Balaban J connectivity index is 2.01. The molecule has 29 heavy (non-hydrogen) atoms. The molecule has 0 radical (unpaired) electrons. The molecule has 2 aromatic carbocycles. The monoisotopic (exact) mass is 425 g/mol.